The standard InChI is InChI=1S/C16H17FN2O/c1-11-5-3-8-14(15(11)17)16(20)19(2)13-7-4-6-12(9-13)10-18/h3-9H,10,18H2,1-2H3. The summed E-state index contributed by atoms with van der Waals surface area (Å²) in [5.74, 6) is -0.847. The van der Waals surface area contributed by atoms with E-state index < -0.39 is 5.82 Å². The zero-order valence-corrected chi connectivity index (χ0v) is 11.6. The van der Waals surface area contributed by atoms with E-state index in [-0.39, 0.29) is 11.5 Å². The van der Waals surface area contributed by atoms with Gasteiger partial charge in [-0.1, -0.05) is 24.3 Å². The van der Waals surface area contributed by atoms with Gasteiger partial charge in [0.15, 0.2) is 0 Å². The largest absolute Gasteiger partial charge is 0.326 e. The maximum absolute atomic E-state index is 14.0. The molecule has 0 fully saturated rings. The predicted molar refractivity (Wildman–Crippen MR) is 78.2 cm³/mol. The van der Waals surface area contributed by atoms with E-state index in [4.69, 9.17) is 5.73 Å². The van der Waals surface area contributed by atoms with Gasteiger partial charge in [0.2, 0.25) is 0 Å². The lowest BCUT2D eigenvalue weighted by molar-refractivity contribution is 0.0989. The Morgan fingerprint density at radius 1 is 1.25 bits per heavy atom. The number of nitrogens with two attached hydrogens (primary N) is 1. The second-order valence-electron chi connectivity index (χ2n) is 4.67. The number of nitrogens with zero attached hydrogens (tertiary/aromatic N) is 1. The first-order valence-electron chi connectivity index (χ1n) is 6.36. The van der Waals surface area contributed by atoms with Gasteiger partial charge in [-0.15, -0.1) is 0 Å². The summed E-state index contributed by atoms with van der Waals surface area (Å²) < 4.78 is 14.0. The Morgan fingerprint density at radius 3 is 2.65 bits per heavy atom. The number of benzene rings is 2. The van der Waals surface area contributed by atoms with Gasteiger partial charge in [0.1, 0.15) is 5.82 Å². The molecule has 0 saturated carbocycles. The second kappa shape index (κ2) is 5.84. The molecule has 0 aliphatic heterocycles. The molecule has 0 aliphatic rings. The summed E-state index contributed by atoms with van der Waals surface area (Å²) in [6.07, 6.45) is 0. The number of rotatable bonds is 3. The number of hydrogen-bond acceptors (Lipinski definition) is 2. The lowest BCUT2D eigenvalue weighted by Gasteiger charge is -2.19. The average molecular weight is 272 g/mol. The van der Waals surface area contributed by atoms with Gasteiger partial charge in [0.25, 0.3) is 5.91 Å². The monoisotopic (exact) mass is 272 g/mol. The zero-order valence-electron chi connectivity index (χ0n) is 11.6. The molecule has 2 aromatic carbocycles. The van der Waals surface area contributed by atoms with Gasteiger partial charge < -0.3 is 10.6 Å². The van der Waals surface area contributed by atoms with E-state index in [1.54, 1.807) is 32.2 Å². The molecule has 0 radical (unpaired) electrons. The smallest absolute Gasteiger partial charge is 0.260 e. The topological polar surface area (TPSA) is 46.3 Å². The fraction of sp³-hybridized carbons (Fsp3) is 0.188. The van der Waals surface area contributed by atoms with Crippen molar-refractivity contribution in [2.75, 3.05) is 11.9 Å². The number of aryl methyl sites for hydroxylation is 1. The number of hydrogen-bond donors (Lipinski definition) is 1. The molecule has 0 aromatic heterocycles. The Morgan fingerprint density at radius 2 is 1.95 bits per heavy atom. The van der Waals surface area contributed by atoms with Crippen LogP contribution in [0.25, 0.3) is 0 Å². The number of anilines is 1. The molecule has 2 N–H and O–H groups in total. The van der Waals surface area contributed by atoms with Crippen molar-refractivity contribution in [3.63, 3.8) is 0 Å². The Kier molecular flexibility index (Phi) is 4.15. The Labute approximate surface area is 117 Å². The van der Waals surface area contributed by atoms with Gasteiger partial charge in [0, 0.05) is 19.3 Å². The van der Waals surface area contributed by atoms with Gasteiger partial charge in [-0.2, -0.15) is 0 Å². The van der Waals surface area contributed by atoms with E-state index >= 15 is 0 Å². The molecule has 4 heteroatoms. The molecule has 0 spiro atoms. The predicted octanol–water partition coefficient (Wildman–Crippen LogP) is 2.87. The normalized spacial score (nSPS) is 10.4. The van der Waals surface area contributed by atoms with E-state index in [2.05, 4.69) is 0 Å². The van der Waals surface area contributed by atoms with Gasteiger partial charge in [0.05, 0.1) is 5.56 Å². The first-order chi connectivity index (χ1) is 9.54. The van der Waals surface area contributed by atoms with E-state index in [9.17, 15) is 9.18 Å². The van der Waals surface area contributed by atoms with Gasteiger partial charge in [-0.25, -0.2) is 4.39 Å². The van der Waals surface area contributed by atoms with E-state index in [0.29, 0.717) is 17.8 Å². The first kappa shape index (κ1) is 14.2. The van der Waals surface area contributed by atoms with Crippen molar-refractivity contribution in [3.05, 3.63) is 65.0 Å². The van der Waals surface area contributed by atoms with Crippen LogP contribution < -0.4 is 10.6 Å². The van der Waals surface area contributed by atoms with Crippen LogP contribution in [0.1, 0.15) is 21.5 Å². The third-order valence-electron chi connectivity index (χ3n) is 3.26. The molecule has 0 heterocycles. The molecule has 0 unspecified atom stereocenters. The highest BCUT2D eigenvalue weighted by atomic mass is 19.1. The highest BCUT2D eigenvalue weighted by molar-refractivity contribution is 6.06. The van der Waals surface area contributed by atoms with Crippen molar-refractivity contribution in [2.45, 2.75) is 13.5 Å². The zero-order chi connectivity index (χ0) is 14.7. The first-order valence-corrected chi connectivity index (χ1v) is 6.36. The summed E-state index contributed by atoms with van der Waals surface area (Å²) in [5.41, 5.74) is 7.74. The van der Waals surface area contributed by atoms with Crippen molar-refractivity contribution in [2.24, 2.45) is 5.73 Å². The lowest BCUT2D eigenvalue weighted by Crippen LogP contribution is -2.27. The molecule has 2 rings (SSSR count). The molecular weight excluding hydrogens is 255 g/mol. The van der Waals surface area contributed by atoms with Gasteiger partial charge in [-0.05, 0) is 36.2 Å². The fourth-order valence-corrected chi connectivity index (χ4v) is 2.00. The summed E-state index contributed by atoms with van der Waals surface area (Å²) >= 11 is 0. The fourth-order valence-electron chi connectivity index (χ4n) is 2.00. The highest BCUT2D eigenvalue weighted by Crippen LogP contribution is 2.19. The van der Waals surface area contributed by atoms with Crippen LogP contribution >= 0.6 is 0 Å². The summed E-state index contributed by atoms with van der Waals surface area (Å²) in [6.45, 7) is 2.04. The average Bonchev–Trinajstić information content (AvgIpc) is 2.48. The Balaban J connectivity index is 2.35. The van der Waals surface area contributed by atoms with Crippen LogP contribution in [0.5, 0.6) is 0 Å². The van der Waals surface area contributed by atoms with Crippen molar-refractivity contribution in [1.29, 1.82) is 0 Å². The van der Waals surface area contributed by atoms with Gasteiger partial charge in [-0.3, -0.25) is 4.79 Å². The van der Waals surface area contributed by atoms with E-state index in [1.165, 1.54) is 11.0 Å². The van der Waals surface area contributed by atoms with Crippen LogP contribution in [0.3, 0.4) is 0 Å². The minimum atomic E-state index is -0.473. The summed E-state index contributed by atoms with van der Waals surface area (Å²) in [6, 6.07) is 12.1. The quantitative estimate of drug-likeness (QED) is 0.934. The summed E-state index contributed by atoms with van der Waals surface area (Å²) in [7, 11) is 1.62. The summed E-state index contributed by atoms with van der Waals surface area (Å²) in [4.78, 5) is 13.8. The SMILES string of the molecule is Cc1cccc(C(=O)N(C)c2cccc(CN)c2)c1F. The Bertz CT molecular complexity index is 640. The van der Waals surface area contributed by atoms with E-state index in [0.717, 1.165) is 5.56 Å². The minimum absolute atomic E-state index is 0.0747. The molecule has 1 amide bonds. The van der Waals surface area contributed by atoms with Crippen LogP contribution in [0.15, 0.2) is 42.5 Å². The molecule has 0 aliphatic carbocycles. The lowest BCUT2D eigenvalue weighted by atomic mass is 10.1. The molecule has 0 atom stereocenters. The third kappa shape index (κ3) is 2.70. The van der Waals surface area contributed by atoms with Crippen LogP contribution in [0, 0.1) is 12.7 Å². The highest BCUT2D eigenvalue weighted by Gasteiger charge is 2.18. The van der Waals surface area contributed by atoms with Crippen molar-refractivity contribution < 1.29 is 9.18 Å². The number of halogens is 1. The maximum atomic E-state index is 14.0. The molecule has 104 valence electrons. The van der Waals surface area contributed by atoms with Crippen molar-refractivity contribution >= 4 is 11.6 Å². The van der Waals surface area contributed by atoms with E-state index in [1.807, 2.05) is 18.2 Å². The number of carbonyl (C=O) groups excluding carboxylic acids is 1. The maximum Gasteiger partial charge on any atom is 0.260 e. The molecule has 0 saturated heterocycles. The number of amides is 1. The summed E-state index contributed by atoms with van der Waals surface area (Å²) in [5, 5.41) is 0. The molecule has 2 aromatic rings. The third-order valence-corrected chi connectivity index (χ3v) is 3.26. The number of carbonyl (C=O) groups is 1. The van der Waals surface area contributed by atoms with Crippen LogP contribution in [-0.2, 0) is 6.54 Å². The van der Waals surface area contributed by atoms with Crippen LogP contribution in [0.2, 0.25) is 0 Å². The van der Waals surface area contributed by atoms with Crippen molar-refractivity contribution in [3.8, 4) is 0 Å². The van der Waals surface area contributed by atoms with Crippen LogP contribution in [-0.4, -0.2) is 13.0 Å². The van der Waals surface area contributed by atoms with Crippen LogP contribution in [0.4, 0.5) is 10.1 Å². The van der Waals surface area contributed by atoms with Gasteiger partial charge >= 0.3 is 0 Å². The molecule has 20 heavy (non-hydrogen) atoms. The molecule has 3 nitrogen and oxygen atoms in total. The minimum Gasteiger partial charge on any atom is -0.326 e. The molecular formula is C16H17FN2O. The Hall–Kier alpha value is -2.20. The molecule has 0 bridgehead atoms. The van der Waals surface area contributed by atoms with Crippen molar-refractivity contribution in [1.82, 2.24) is 0 Å². The second-order valence-corrected chi connectivity index (χ2v) is 4.67.